The molecule has 0 N–H and O–H groups in total. The number of pyridine rings is 1. The van der Waals surface area contributed by atoms with E-state index >= 15 is 0 Å². The highest BCUT2D eigenvalue weighted by molar-refractivity contribution is 7.91. The van der Waals surface area contributed by atoms with Crippen molar-refractivity contribution in [1.82, 2.24) is 4.98 Å². The van der Waals surface area contributed by atoms with E-state index in [1.54, 1.807) is 43.5 Å². The van der Waals surface area contributed by atoms with Crippen molar-refractivity contribution in [3.8, 4) is 11.3 Å². The molecule has 0 unspecified atom stereocenters. The average Bonchev–Trinajstić information content (AvgIpc) is 2.52. The van der Waals surface area contributed by atoms with Gasteiger partial charge in [-0.1, -0.05) is 19.1 Å². The highest BCUT2D eigenvalue weighted by atomic mass is 32.2. The number of ether oxygens (including phenoxy) is 1. The molecule has 0 amide bonds. The maximum Gasteiger partial charge on any atom is 0.338 e. The van der Waals surface area contributed by atoms with Crippen molar-refractivity contribution in [2.75, 3.05) is 13.4 Å². The van der Waals surface area contributed by atoms with E-state index in [0.29, 0.717) is 23.2 Å². The number of carbonyl (C=O) groups is 1. The predicted molar refractivity (Wildman–Crippen MR) is 83.5 cm³/mol. The second-order valence-electron chi connectivity index (χ2n) is 4.80. The van der Waals surface area contributed by atoms with Gasteiger partial charge in [-0.25, -0.2) is 13.2 Å². The highest BCUT2D eigenvalue weighted by Crippen LogP contribution is 2.32. The number of rotatable bonds is 4. The van der Waals surface area contributed by atoms with Crippen LogP contribution < -0.4 is 0 Å². The van der Waals surface area contributed by atoms with Crippen molar-refractivity contribution in [3.05, 3.63) is 47.7 Å². The van der Waals surface area contributed by atoms with Crippen LogP contribution in [0.3, 0.4) is 0 Å². The summed E-state index contributed by atoms with van der Waals surface area (Å²) < 4.78 is 29.3. The Kier molecular flexibility index (Phi) is 4.61. The number of sulfone groups is 1. The molecule has 1 aromatic heterocycles. The van der Waals surface area contributed by atoms with Crippen LogP contribution in [0.5, 0.6) is 0 Å². The van der Waals surface area contributed by atoms with Gasteiger partial charge >= 0.3 is 5.97 Å². The standard InChI is InChI=1S/C16H17NO4S/c1-4-11-12(16(18)21-2)8-9-13(15(11)22(3,19)20)14-7-5-6-10-17-14/h5-10H,4H2,1-3H3. The smallest absolute Gasteiger partial charge is 0.338 e. The Labute approximate surface area is 129 Å². The third kappa shape index (κ3) is 3.01. The van der Waals surface area contributed by atoms with Gasteiger partial charge in [-0.2, -0.15) is 0 Å². The first kappa shape index (κ1) is 16.2. The van der Waals surface area contributed by atoms with Gasteiger partial charge in [0.1, 0.15) is 0 Å². The molecule has 0 aliphatic rings. The Morgan fingerprint density at radius 2 is 1.95 bits per heavy atom. The first-order valence-electron chi connectivity index (χ1n) is 6.75. The molecule has 5 nitrogen and oxygen atoms in total. The number of esters is 1. The van der Waals surface area contributed by atoms with Crippen LogP contribution in [0.2, 0.25) is 0 Å². The van der Waals surface area contributed by atoms with Crippen LogP contribution >= 0.6 is 0 Å². The molecular weight excluding hydrogens is 302 g/mol. The highest BCUT2D eigenvalue weighted by Gasteiger charge is 2.24. The minimum atomic E-state index is -3.54. The molecule has 1 aromatic carbocycles. The van der Waals surface area contributed by atoms with Crippen molar-refractivity contribution < 1.29 is 17.9 Å². The molecule has 6 heteroatoms. The van der Waals surface area contributed by atoms with Gasteiger partial charge in [-0.3, -0.25) is 4.98 Å². The SMILES string of the molecule is CCc1c(C(=O)OC)ccc(-c2ccccn2)c1S(C)(=O)=O. The molecule has 0 saturated carbocycles. The molecule has 2 rings (SSSR count). The molecule has 1 heterocycles. The quantitative estimate of drug-likeness (QED) is 0.810. The lowest BCUT2D eigenvalue weighted by atomic mass is 9.99. The maximum atomic E-state index is 12.3. The van der Waals surface area contributed by atoms with Crippen LogP contribution in [0.4, 0.5) is 0 Å². The van der Waals surface area contributed by atoms with Gasteiger partial charge in [0.15, 0.2) is 9.84 Å². The fourth-order valence-electron chi connectivity index (χ4n) is 2.43. The Bertz CT molecular complexity index is 798. The van der Waals surface area contributed by atoms with Crippen LogP contribution in [0.25, 0.3) is 11.3 Å². The minimum Gasteiger partial charge on any atom is -0.465 e. The van der Waals surface area contributed by atoms with Crippen molar-refractivity contribution in [3.63, 3.8) is 0 Å². The first-order chi connectivity index (χ1) is 10.4. The maximum absolute atomic E-state index is 12.3. The number of benzene rings is 1. The summed E-state index contributed by atoms with van der Waals surface area (Å²) in [6.45, 7) is 1.80. The van der Waals surface area contributed by atoms with Crippen LogP contribution in [0.15, 0.2) is 41.4 Å². The van der Waals surface area contributed by atoms with Crippen LogP contribution in [-0.4, -0.2) is 32.7 Å². The molecule has 22 heavy (non-hydrogen) atoms. The fourth-order valence-corrected chi connectivity index (χ4v) is 3.70. The van der Waals surface area contributed by atoms with Crippen LogP contribution in [-0.2, 0) is 21.0 Å². The number of aromatic nitrogens is 1. The summed E-state index contributed by atoms with van der Waals surface area (Å²) in [6.07, 6.45) is 3.13. The molecule has 0 radical (unpaired) electrons. The van der Waals surface area contributed by atoms with E-state index < -0.39 is 15.8 Å². The van der Waals surface area contributed by atoms with Gasteiger partial charge in [0.05, 0.1) is 23.3 Å². The van der Waals surface area contributed by atoms with Crippen molar-refractivity contribution in [2.45, 2.75) is 18.2 Å². The van der Waals surface area contributed by atoms with E-state index in [-0.39, 0.29) is 10.5 Å². The third-order valence-corrected chi connectivity index (χ3v) is 4.54. The molecule has 0 spiro atoms. The summed E-state index contributed by atoms with van der Waals surface area (Å²) in [5.74, 6) is -0.547. The number of hydrogen-bond acceptors (Lipinski definition) is 5. The molecule has 2 aromatic rings. The lowest BCUT2D eigenvalue weighted by molar-refractivity contribution is 0.0599. The monoisotopic (exact) mass is 319 g/mol. The van der Waals surface area contributed by atoms with Crippen LogP contribution in [0, 0.1) is 0 Å². The molecular formula is C16H17NO4S. The van der Waals surface area contributed by atoms with E-state index in [4.69, 9.17) is 4.74 Å². The normalized spacial score (nSPS) is 11.2. The largest absolute Gasteiger partial charge is 0.465 e. The lowest BCUT2D eigenvalue weighted by Crippen LogP contribution is -2.12. The molecule has 0 fully saturated rings. The summed E-state index contributed by atoms with van der Waals surface area (Å²) in [6, 6.07) is 8.47. The number of nitrogens with zero attached hydrogens (tertiary/aromatic N) is 1. The van der Waals surface area contributed by atoms with E-state index in [1.165, 1.54) is 7.11 Å². The zero-order chi connectivity index (χ0) is 16.3. The average molecular weight is 319 g/mol. The molecule has 0 saturated heterocycles. The molecule has 0 aliphatic carbocycles. The second-order valence-corrected chi connectivity index (χ2v) is 6.75. The number of hydrogen-bond donors (Lipinski definition) is 0. The molecule has 0 bridgehead atoms. The Balaban J connectivity index is 2.85. The van der Waals surface area contributed by atoms with Gasteiger partial charge < -0.3 is 4.74 Å². The van der Waals surface area contributed by atoms with Crippen molar-refractivity contribution in [2.24, 2.45) is 0 Å². The van der Waals surface area contributed by atoms with Gasteiger partial charge in [0.25, 0.3) is 0 Å². The van der Waals surface area contributed by atoms with Crippen molar-refractivity contribution in [1.29, 1.82) is 0 Å². The summed E-state index contributed by atoms with van der Waals surface area (Å²) in [5, 5.41) is 0. The topological polar surface area (TPSA) is 73.3 Å². The summed E-state index contributed by atoms with van der Waals surface area (Å²) in [4.78, 5) is 16.2. The van der Waals surface area contributed by atoms with Gasteiger partial charge in [-0.15, -0.1) is 0 Å². The van der Waals surface area contributed by atoms with E-state index in [2.05, 4.69) is 4.98 Å². The molecule has 0 aliphatic heterocycles. The zero-order valence-corrected chi connectivity index (χ0v) is 13.5. The Morgan fingerprint density at radius 1 is 1.23 bits per heavy atom. The lowest BCUT2D eigenvalue weighted by Gasteiger charge is -2.15. The molecule has 116 valence electrons. The van der Waals surface area contributed by atoms with E-state index in [0.717, 1.165) is 6.26 Å². The second kappa shape index (κ2) is 6.27. The Hall–Kier alpha value is -2.21. The third-order valence-electron chi connectivity index (χ3n) is 3.33. The molecule has 0 atom stereocenters. The fraction of sp³-hybridized carbons (Fsp3) is 0.250. The van der Waals surface area contributed by atoms with Gasteiger partial charge in [-0.05, 0) is 30.2 Å². The predicted octanol–water partition coefficient (Wildman–Crippen LogP) is 2.50. The number of methoxy groups -OCH3 is 1. The van der Waals surface area contributed by atoms with Crippen LogP contribution in [0.1, 0.15) is 22.8 Å². The van der Waals surface area contributed by atoms with E-state index in [9.17, 15) is 13.2 Å². The Morgan fingerprint density at radius 3 is 2.45 bits per heavy atom. The van der Waals surface area contributed by atoms with Gasteiger partial charge in [0, 0.05) is 18.0 Å². The van der Waals surface area contributed by atoms with E-state index in [1.807, 2.05) is 0 Å². The minimum absolute atomic E-state index is 0.136. The summed E-state index contributed by atoms with van der Waals surface area (Å²) >= 11 is 0. The summed E-state index contributed by atoms with van der Waals surface area (Å²) in [7, 11) is -2.26. The van der Waals surface area contributed by atoms with Crippen molar-refractivity contribution >= 4 is 15.8 Å². The summed E-state index contributed by atoms with van der Waals surface area (Å²) in [5.41, 5.74) is 1.77. The number of carbonyl (C=O) groups excluding carboxylic acids is 1. The first-order valence-corrected chi connectivity index (χ1v) is 8.65. The zero-order valence-electron chi connectivity index (χ0n) is 12.7. The van der Waals surface area contributed by atoms with Gasteiger partial charge in [0.2, 0.25) is 0 Å².